The second-order valence-electron chi connectivity index (χ2n) is 4.02. The third-order valence-corrected chi connectivity index (χ3v) is 2.62. The predicted molar refractivity (Wildman–Crippen MR) is 72.1 cm³/mol. The number of ketones is 1. The zero-order valence-electron chi connectivity index (χ0n) is 10.4. The van der Waals surface area contributed by atoms with Crippen molar-refractivity contribution < 1.29 is 9.53 Å². The number of nitriles is 1. The average Bonchev–Trinajstić information content (AvgIpc) is 2.46. The number of carbonyl (C=O) groups excluding carboxylic acids is 1. The van der Waals surface area contributed by atoms with E-state index in [1.807, 2.05) is 36.4 Å². The van der Waals surface area contributed by atoms with Crippen LogP contribution in [0.1, 0.15) is 23.2 Å². The topological polar surface area (TPSA) is 50.1 Å². The Bertz CT molecular complexity index is 582. The van der Waals surface area contributed by atoms with Crippen molar-refractivity contribution in [2.24, 2.45) is 0 Å². The average molecular weight is 251 g/mol. The number of nitrogens with zero attached hydrogens (tertiary/aromatic N) is 1. The van der Waals surface area contributed by atoms with Crippen molar-refractivity contribution in [2.75, 3.05) is 0 Å². The normalized spacial score (nSPS) is 9.63. The maximum absolute atomic E-state index is 11.7. The van der Waals surface area contributed by atoms with Crippen LogP contribution < -0.4 is 4.74 Å². The summed E-state index contributed by atoms with van der Waals surface area (Å²) in [6, 6.07) is 18.4. The molecule has 2 aromatic rings. The number of carbonyl (C=O) groups is 1. The minimum atomic E-state index is -0.0205. The molecule has 2 aromatic carbocycles. The van der Waals surface area contributed by atoms with E-state index in [-0.39, 0.29) is 18.6 Å². The summed E-state index contributed by atoms with van der Waals surface area (Å²) >= 11 is 0. The molecule has 0 unspecified atom stereocenters. The van der Waals surface area contributed by atoms with Gasteiger partial charge in [-0.1, -0.05) is 18.2 Å². The van der Waals surface area contributed by atoms with Gasteiger partial charge in [-0.05, 0) is 36.4 Å². The van der Waals surface area contributed by atoms with Crippen LogP contribution in [0.3, 0.4) is 0 Å². The molecule has 0 heterocycles. The lowest BCUT2D eigenvalue weighted by Gasteiger charge is -2.06. The summed E-state index contributed by atoms with van der Waals surface area (Å²) in [6.45, 7) is 0. The minimum Gasteiger partial charge on any atom is -0.457 e. The van der Waals surface area contributed by atoms with E-state index in [4.69, 9.17) is 10.00 Å². The van der Waals surface area contributed by atoms with Crippen LogP contribution in [-0.4, -0.2) is 5.78 Å². The standard InChI is InChI=1S/C16H13NO2/c17-12-4-7-16(18)13-8-10-15(11-9-13)19-14-5-2-1-3-6-14/h1-3,5-6,8-11H,4,7H2. The fourth-order valence-electron chi connectivity index (χ4n) is 1.65. The smallest absolute Gasteiger partial charge is 0.163 e. The number of para-hydroxylation sites is 1. The van der Waals surface area contributed by atoms with Crippen LogP contribution in [0, 0.1) is 11.3 Å². The van der Waals surface area contributed by atoms with Crippen LogP contribution in [0.15, 0.2) is 54.6 Å². The molecule has 0 spiro atoms. The first-order valence-corrected chi connectivity index (χ1v) is 6.03. The van der Waals surface area contributed by atoms with Gasteiger partial charge in [0.25, 0.3) is 0 Å². The van der Waals surface area contributed by atoms with Gasteiger partial charge in [0.2, 0.25) is 0 Å². The van der Waals surface area contributed by atoms with Crippen LogP contribution in [0.25, 0.3) is 0 Å². The zero-order valence-corrected chi connectivity index (χ0v) is 10.4. The molecule has 0 atom stereocenters. The Morgan fingerprint density at radius 3 is 2.26 bits per heavy atom. The number of hydrogen-bond donors (Lipinski definition) is 0. The van der Waals surface area contributed by atoms with Gasteiger partial charge in [0, 0.05) is 18.4 Å². The Hall–Kier alpha value is -2.60. The summed E-state index contributed by atoms with van der Waals surface area (Å²) in [4.78, 5) is 11.7. The lowest BCUT2D eigenvalue weighted by Crippen LogP contribution is -1.97. The quantitative estimate of drug-likeness (QED) is 0.755. The van der Waals surface area contributed by atoms with Crippen LogP contribution in [0.5, 0.6) is 11.5 Å². The minimum absolute atomic E-state index is 0.0205. The van der Waals surface area contributed by atoms with E-state index in [9.17, 15) is 4.79 Å². The Kier molecular flexibility index (Phi) is 4.30. The van der Waals surface area contributed by atoms with E-state index in [1.165, 1.54) is 0 Å². The van der Waals surface area contributed by atoms with Gasteiger partial charge in [0.15, 0.2) is 5.78 Å². The van der Waals surface area contributed by atoms with E-state index >= 15 is 0 Å². The summed E-state index contributed by atoms with van der Waals surface area (Å²) in [5.41, 5.74) is 0.607. The highest BCUT2D eigenvalue weighted by Gasteiger charge is 2.05. The van der Waals surface area contributed by atoms with Gasteiger partial charge in [0.1, 0.15) is 11.5 Å². The highest BCUT2D eigenvalue weighted by atomic mass is 16.5. The number of Topliss-reactive ketones (excluding diaryl/α,β-unsaturated/α-hetero) is 1. The number of benzene rings is 2. The molecule has 2 rings (SSSR count). The fourth-order valence-corrected chi connectivity index (χ4v) is 1.65. The molecule has 0 aromatic heterocycles. The molecule has 0 N–H and O–H groups in total. The van der Waals surface area contributed by atoms with E-state index in [0.717, 1.165) is 5.75 Å². The molecule has 0 radical (unpaired) electrons. The Balaban J connectivity index is 2.03. The molecular weight excluding hydrogens is 238 g/mol. The van der Waals surface area contributed by atoms with Crippen molar-refractivity contribution in [1.82, 2.24) is 0 Å². The fraction of sp³-hybridized carbons (Fsp3) is 0.125. The van der Waals surface area contributed by atoms with Gasteiger partial charge in [-0.2, -0.15) is 5.26 Å². The monoisotopic (exact) mass is 251 g/mol. The maximum Gasteiger partial charge on any atom is 0.163 e. The van der Waals surface area contributed by atoms with Crippen LogP contribution in [0.4, 0.5) is 0 Å². The summed E-state index contributed by atoms with van der Waals surface area (Å²) in [5.74, 6) is 1.42. The van der Waals surface area contributed by atoms with Gasteiger partial charge in [-0.15, -0.1) is 0 Å². The first-order chi connectivity index (χ1) is 9.29. The first-order valence-electron chi connectivity index (χ1n) is 6.03. The molecule has 0 amide bonds. The summed E-state index contributed by atoms with van der Waals surface area (Å²) in [5, 5.41) is 8.45. The number of ether oxygens (including phenoxy) is 1. The second kappa shape index (κ2) is 6.36. The largest absolute Gasteiger partial charge is 0.457 e. The molecule has 0 saturated carbocycles. The van der Waals surface area contributed by atoms with Crippen LogP contribution in [-0.2, 0) is 0 Å². The highest BCUT2D eigenvalue weighted by Crippen LogP contribution is 2.21. The number of hydrogen-bond acceptors (Lipinski definition) is 3. The van der Waals surface area contributed by atoms with Crippen LogP contribution >= 0.6 is 0 Å². The van der Waals surface area contributed by atoms with Crippen molar-refractivity contribution in [3.8, 4) is 17.6 Å². The second-order valence-corrected chi connectivity index (χ2v) is 4.02. The summed E-state index contributed by atoms with van der Waals surface area (Å²) in [7, 11) is 0. The SMILES string of the molecule is N#CCCC(=O)c1ccc(Oc2ccccc2)cc1. The van der Waals surface area contributed by atoms with Gasteiger partial charge in [-0.3, -0.25) is 4.79 Å². The molecule has 19 heavy (non-hydrogen) atoms. The van der Waals surface area contributed by atoms with E-state index in [2.05, 4.69) is 0 Å². The van der Waals surface area contributed by atoms with Gasteiger partial charge in [0.05, 0.1) is 6.07 Å². The molecule has 0 fully saturated rings. The summed E-state index contributed by atoms with van der Waals surface area (Å²) in [6.07, 6.45) is 0.510. The molecular formula is C16H13NO2. The third-order valence-electron chi connectivity index (χ3n) is 2.62. The first kappa shape index (κ1) is 12.8. The zero-order chi connectivity index (χ0) is 13.5. The predicted octanol–water partition coefficient (Wildman–Crippen LogP) is 3.97. The molecule has 0 aliphatic rings. The molecule has 94 valence electrons. The lowest BCUT2D eigenvalue weighted by atomic mass is 10.1. The lowest BCUT2D eigenvalue weighted by molar-refractivity contribution is 0.0984. The van der Waals surface area contributed by atoms with Crippen molar-refractivity contribution in [3.05, 3.63) is 60.2 Å². The third kappa shape index (κ3) is 3.68. The molecule has 0 aliphatic carbocycles. The Morgan fingerprint density at radius 2 is 1.63 bits per heavy atom. The van der Waals surface area contributed by atoms with Gasteiger partial charge in [-0.25, -0.2) is 0 Å². The van der Waals surface area contributed by atoms with Crippen LogP contribution in [0.2, 0.25) is 0 Å². The van der Waals surface area contributed by atoms with Crippen molar-refractivity contribution >= 4 is 5.78 Å². The molecule has 0 aliphatic heterocycles. The van der Waals surface area contributed by atoms with Gasteiger partial charge < -0.3 is 4.74 Å². The molecule has 0 bridgehead atoms. The van der Waals surface area contributed by atoms with E-state index in [0.29, 0.717) is 11.3 Å². The van der Waals surface area contributed by atoms with E-state index < -0.39 is 0 Å². The highest BCUT2D eigenvalue weighted by molar-refractivity contribution is 5.96. The van der Waals surface area contributed by atoms with Crippen molar-refractivity contribution in [1.29, 1.82) is 5.26 Å². The van der Waals surface area contributed by atoms with E-state index in [1.54, 1.807) is 24.3 Å². The van der Waals surface area contributed by atoms with Crippen molar-refractivity contribution in [3.63, 3.8) is 0 Å². The Labute approximate surface area is 112 Å². The Morgan fingerprint density at radius 1 is 1.00 bits per heavy atom. The van der Waals surface area contributed by atoms with Gasteiger partial charge >= 0.3 is 0 Å². The van der Waals surface area contributed by atoms with Crippen molar-refractivity contribution in [2.45, 2.75) is 12.8 Å². The molecule has 3 nitrogen and oxygen atoms in total. The maximum atomic E-state index is 11.7. The molecule has 0 saturated heterocycles. The number of rotatable bonds is 5. The summed E-state index contributed by atoms with van der Waals surface area (Å²) < 4.78 is 5.63. The molecule has 3 heteroatoms.